The van der Waals surface area contributed by atoms with Crippen molar-refractivity contribution < 1.29 is 9.32 Å². The second kappa shape index (κ2) is 6.96. The van der Waals surface area contributed by atoms with Crippen LogP contribution in [0.2, 0.25) is 0 Å². The number of carbonyl (C=O) groups excluding carboxylic acids is 1. The average molecular weight is 295 g/mol. The zero-order chi connectivity index (χ0) is 16.2. The summed E-state index contributed by atoms with van der Waals surface area (Å²) in [6, 6.07) is 1.67. The summed E-state index contributed by atoms with van der Waals surface area (Å²) in [5, 5.41) is 6.76. The van der Waals surface area contributed by atoms with E-state index in [9.17, 15) is 4.79 Å². The van der Waals surface area contributed by atoms with Crippen molar-refractivity contribution in [2.75, 3.05) is 18.4 Å². The van der Waals surface area contributed by atoms with Gasteiger partial charge in [-0.25, -0.2) is 4.79 Å². The highest BCUT2D eigenvalue weighted by atomic mass is 16.5. The number of hydrogen-bond acceptors (Lipinski definition) is 3. The third-order valence-electron chi connectivity index (χ3n) is 2.94. The van der Waals surface area contributed by atoms with Gasteiger partial charge in [0, 0.05) is 24.6 Å². The molecule has 0 radical (unpaired) electrons. The van der Waals surface area contributed by atoms with Gasteiger partial charge in [0.05, 0.1) is 0 Å². The molecule has 1 rings (SSSR count). The van der Waals surface area contributed by atoms with Crippen LogP contribution in [0.5, 0.6) is 0 Å². The molecule has 1 aromatic heterocycles. The van der Waals surface area contributed by atoms with E-state index in [-0.39, 0.29) is 11.4 Å². The first-order valence-electron chi connectivity index (χ1n) is 7.62. The summed E-state index contributed by atoms with van der Waals surface area (Å²) < 4.78 is 5.29. The van der Waals surface area contributed by atoms with Gasteiger partial charge in [0.2, 0.25) is 0 Å². The van der Waals surface area contributed by atoms with Crippen LogP contribution in [0.15, 0.2) is 10.6 Å². The second-order valence-electron chi connectivity index (χ2n) is 7.45. The summed E-state index contributed by atoms with van der Waals surface area (Å²) in [6.45, 7) is 16.0. The Kier molecular flexibility index (Phi) is 5.81. The predicted octanol–water partition coefficient (Wildman–Crippen LogP) is 4.12. The minimum atomic E-state index is -0.120. The van der Waals surface area contributed by atoms with Crippen molar-refractivity contribution in [1.82, 2.24) is 10.1 Å². The van der Waals surface area contributed by atoms with Gasteiger partial charge in [-0.15, -0.1) is 0 Å². The molecule has 1 heterocycles. The molecule has 0 aromatic carbocycles. The molecule has 2 amide bonds. The monoisotopic (exact) mass is 295 g/mol. The number of carbonyl (C=O) groups is 1. The van der Waals surface area contributed by atoms with Crippen LogP contribution < -0.4 is 5.32 Å². The lowest BCUT2D eigenvalue weighted by Crippen LogP contribution is -2.40. The molecule has 5 heteroatoms. The fraction of sp³-hybridized carbons (Fsp3) is 0.750. The number of anilines is 1. The molecule has 1 aromatic rings. The molecule has 0 aliphatic rings. The van der Waals surface area contributed by atoms with E-state index in [1.807, 2.05) is 25.7 Å². The Balaban J connectivity index is 2.74. The van der Waals surface area contributed by atoms with Crippen molar-refractivity contribution in [2.45, 2.75) is 53.9 Å². The first kappa shape index (κ1) is 17.5. The van der Waals surface area contributed by atoms with Gasteiger partial charge in [0.25, 0.3) is 0 Å². The maximum atomic E-state index is 12.4. The van der Waals surface area contributed by atoms with Crippen molar-refractivity contribution >= 4 is 11.8 Å². The van der Waals surface area contributed by atoms with Crippen LogP contribution in [0.1, 0.15) is 54.2 Å². The topological polar surface area (TPSA) is 58.4 Å². The van der Waals surface area contributed by atoms with Gasteiger partial charge in [-0.2, -0.15) is 0 Å². The second-order valence-corrected chi connectivity index (χ2v) is 7.45. The number of amides is 2. The maximum Gasteiger partial charge on any atom is 0.323 e. The fourth-order valence-electron chi connectivity index (χ4n) is 2.00. The molecule has 5 nitrogen and oxygen atoms in total. The van der Waals surface area contributed by atoms with Gasteiger partial charge < -0.3 is 9.42 Å². The van der Waals surface area contributed by atoms with Crippen LogP contribution in [-0.4, -0.2) is 29.2 Å². The Hall–Kier alpha value is -1.52. The van der Waals surface area contributed by atoms with Crippen molar-refractivity contribution in [3.63, 3.8) is 0 Å². The molecule has 0 fully saturated rings. The van der Waals surface area contributed by atoms with E-state index in [1.54, 1.807) is 6.07 Å². The zero-order valence-corrected chi connectivity index (χ0v) is 14.4. The van der Waals surface area contributed by atoms with E-state index in [2.05, 4.69) is 38.2 Å². The number of hydrogen-bond donors (Lipinski definition) is 1. The highest BCUT2D eigenvalue weighted by Crippen LogP contribution is 2.24. The highest BCUT2D eigenvalue weighted by Gasteiger charge is 2.22. The number of rotatable bonds is 5. The predicted molar refractivity (Wildman–Crippen MR) is 85.5 cm³/mol. The van der Waals surface area contributed by atoms with E-state index in [0.717, 1.165) is 18.8 Å². The van der Waals surface area contributed by atoms with Crippen molar-refractivity contribution in [3.8, 4) is 0 Å². The molecule has 0 saturated heterocycles. The molecule has 0 unspecified atom stereocenters. The van der Waals surface area contributed by atoms with Crippen molar-refractivity contribution in [2.24, 2.45) is 11.8 Å². The van der Waals surface area contributed by atoms with E-state index in [1.165, 1.54) is 0 Å². The van der Waals surface area contributed by atoms with Gasteiger partial charge in [-0.05, 0) is 11.8 Å². The maximum absolute atomic E-state index is 12.4. The molecule has 0 aliphatic carbocycles. The Bertz CT molecular complexity index is 448. The van der Waals surface area contributed by atoms with E-state index in [0.29, 0.717) is 17.7 Å². The van der Waals surface area contributed by atoms with Gasteiger partial charge in [0.1, 0.15) is 5.76 Å². The Morgan fingerprint density at radius 1 is 1.24 bits per heavy atom. The summed E-state index contributed by atoms with van der Waals surface area (Å²) >= 11 is 0. The van der Waals surface area contributed by atoms with Gasteiger partial charge in [-0.3, -0.25) is 5.32 Å². The van der Waals surface area contributed by atoms with Crippen molar-refractivity contribution in [3.05, 3.63) is 11.8 Å². The standard InChI is InChI=1S/C16H29N3O2/c1-11(2)9-19(10-12(3)4)15(20)17-14-8-13(21-18-14)16(5,6)7/h8,11-12H,9-10H2,1-7H3,(H,17,18,20). The molecule has 0 spiro atoms. The smallest absolute Gasteiger partial charge is 0.323 e. The van der Waals surface area contributed by atoms with Crippen LogP contribution >= 0.6 is 0 Å². The van der Waals surface area contributed by atoms with Crippen LogP contribution in [0.3, 0.4) is 0 Å². The molecule has 0 saturated carbocycles. The normalized spacial score (nSPS) is 12.0. The van der Waals surface area contributed by atoms with Gasteiger partial charge in [0.15, 0.2) is 5.82 Å². The zero-order valence-electron chi connectivity index (χ0n) is 14.4. The van der Waals surface area contributed by atoms with E-state index >= 15 is 0 Å². The third kappa shape index (κ3) is 5.78. The molecular formula is C16H29N3O2. The number of aromatic nitrogens is 1. The first-order chi connectivity index (χ1) is 9.59. The molecule has 1 N–H and O–H groups in total. The minimum Gasteiger partial charge on any atom is -0.359 e. The Morgan fingerprint density at radius 2 is 1.76 bits per heavy atom. The Morgan fingerprint density at radius 3 is 2.14 bits per heavy atom. The molecule has 120 valence electrons. The van der Waals surface area contributed by atoms with E-state index in [4.69, 9.17) is 4.52 Å². The summed E-state index contributed by atoms with van der Waals surface area (Å²) in [5.74, 6) is 2.09. The first-order valence-corrected chi connectivity index (χ1v) is 7.62. The average Bonchev–Trinajstić information content (AvgIpc) is 2.74. The van der Waals surface area contributed by atoms with Crippen LogP contribution in [-0.2, 0) is 5.41 Å². The minimum absolute atomic E-state index is 0.119. The molecule has 0 bridgehead atoms. The number of nitrogens with zero attached hydrogens (tertiary/aromatic N) is 2. The summed E-state index contributed by atoms with van der Waals surface area (Å²) in [4.78, 5) is 14.2. The number of urea groups is 1. The van der Waals surface area contributed by atoms with E-state index < -0.39 is 0 Å². The Labute approximate surface area is 128 Å². The largest absolute Gasteiger partial charge is 0.359 e. The highest BCUT2D eigenvalue weighted by molar-refractivity contribution is 5.88. The lowest BCUT2D eigenvalue weighted by Gasteiger charge is -2.26. The van der Waals surface area contributed by atoms with Crippen LogP contribution in [0.4, 0.5) is 10.6 Å². The fourth-order valence-corrected chi connectivity index (χ4v) is 2.00. The summed E-state index contributed by atoms with van der Waals surface area (Å²) in [5.41, 5.74) is -0.120. The van der Waals surface area contributed by atoms with Gasteiger partial charge in [-0.1, -0.05) is 53.6 Å². The molecular weight excluding hydrogens is 266 g/mol. The molecule has 0 aliphatic heterocycles. The lowest BCUT2D eigenvalue weighted by atomic mass is 9.93. The van der Waals surface area contributed by atoms with Crippen molar-refractivity contribution in [1.29, 1.82) is 0 Å². The van der Waals surface area contributed by atoms with Crippen LogP contribution in [0, 0.1) is 11.8 Å². The lowest BCUT2D eigenvalue weighted by molar-refractivity contribution is 0.196. The SMILES string of the molecule is CC(C)CN(CC(C)C)C(=O)Nc1cc(C(C)(C)C)on1. The van der Waals surface area contributed by atoms with Gasteiger partial charge >= 0.3 is 6.03 Å². The van der Waals surface area contributed by atoms with Crippen LogP contribution in [0.25, 0.3) is 0 Å². The summed E-state index contributed by atoms with van der Waals surface area (Å²) in [7, 11) is 0. The molecule has 21 heavy (non-hydrogen) atoms. The molecule has 0 atom stereocenters. The summed E-state index contributed by atoms with van der Waals surface area (Å²) in [6.07, 6.45) is 0. The third-order valence-corrected chi connectivity index (χ3v) is 2.94. The number of nitrogens with one attached hydrogen (secondary N) is 1. The quantitative estimate of drug-likeness (QED) is 0.889.